The molecule has 1 unspecified atom stereocenters. The van der Waals surface area contributed by atoms with Crippen LogP contribution in [0.5, 0.6) is 0 Å². The number of ether oxygens (including phenoxy) is 1. The Morgan fingerprint density at radius 1 is 1.40 bits per heavy atom. The quantitative estimate of drug-likeness (QED) is 0.891. The average molecular weight is 280 g/mol. The van der Waals surface area contributed by atoms with Crippen molar-refractivity contribution in [1.29, 1.82) is 0 Å². The number of rotatable bonds is 4. The molecule has 1 aromatic heterocycles. The van der Waals surface area contributed by atoms with Gasteiger partial charge in [-0.2, -0.15) is 0 Å². The first-order valence-electron chi connectivity index (χ1n) is 6.84. The summed E-state index contributed by atoms with van der Waals surface area (Å²) in [6, 6.07) is 1.15. The lowest BCUT2D eigenvalue weighted by Gasteiger charge is -2.30. The summed E-state index contributed by atoms with van der Waals surface area (Å²) in [5, 5.41) is 2.76. The van der Waals surface area contributed by atoms with Gasteiger partial charge in [0.2, 0.25) is 5.91 Å². The maximum Gasteiger partial charge on any atom is 0.255 e. The zero-order chi connectivity index (χ0) is 14.5. The summed E-state index contributed by atoms with van der Waals surface area (Å²) in [7, 11) is 0. The van der Waals surface area contributed by atoms with Crippen molar-refractivity contribution in [3.05, 3.63) is 23.7 Å². The van der Waals surface area contributed by atoms with Gasteiger partial charge >= 0.3 is 0 Å². The van der Waals surface area contributed by atoms with Crippen molar-refractivity contribution >= 4 is 11.8 Å². The van der Waals surface area contributed by atoms with Crippen molar-refractivity contribution in [1.82, 2.24) is 10.2 Å². The lowest BCUT2D eigenvalue weighted by Crippen LogP contribution is -2.51. The molecule has 0 aliphatic carbocycles. The van der Waals surface area contributed by atoms with E-state index in [9.17, 15) is 9.59 Å². The van der Waals surface area contributed by atoms with Gasteiger partial charge in [0.15, 0.2) is 0 Å². The Balaban J connectivity index is 1.97. The second-order valence-electron chi connectivity index (χ2n) is 4.82. The molecule has 2 amide bonds. The van der Waals surface area contributed by atoms with Crippen molar-refractivity contribution < 1.29 is 18.7 Å². The molecule has 1 fully saturated rings. The second kappa shape index (κ2) is 6.56. The van der Waals surface area contributed by atoms with Crippen LogP contribution in [0.25, 0.3) is 0 Å². The molecule has 0 bridgehead atoms. The van der Waals surface area contributed by atoms with Crippen LogP contribution in [0.1, 0.15) is 29.5 Å². The van der Waals surface area contributed by atoms with Crippen molar-refractivity contribution in [2.75, 3.05) is 26.3 Å². The summed E-state index contributed by atoms with van der Waals surface area (Å²) >= 11 is 0. The van der Waals surface area contributed by atoms with Crippen LogP contribution in [0.15, 0.2) is 16.7 Å². The highest BCUT2D eigenvalue weighted by Gasteiger charge is 2.26. The van der Waals surface area contributed by atoms with E-state index >= 15 is 0 Å². The second-order valence-corrected chi connectivity index (χ2v) is 4.82. The molecule has 6 heteroatoms. The van der Waals surface area contributed by atoms with Gasteiger partial charge in [-0.25, -0.2) is 0 Å². The lowest BCUT2D eigenvalue weighted by atomic mass is 10.1. The smallest absolute Gasteiger partial charge is 0.255 e. The molecule has 1 aliphatic rings. The predicted octanol–water partition coefficient (Wildman–Crippen LogP) is 0.955. The van der Waals surface area contributed by atoms with Crippen LogP contribution in [0.3, 0.4) is 0 Å². The molecule has 20 heavy (non-hydrogen) atoms. The molecule has 1 aliphatic heterocycles. The van der Waals surface area contributed by atoms with E-state index in [1.54, 1.807) is 17.9 Å². The molecule has 6 nitrogen and oxygen atoms in total. The van der Waals surface area contributed by atoms with Crippen LogP contribution in [-0.2, 0) is 9.53 Å². The summed E-state index contributed by atoms with van der Waals surface area (Å²) in [5.41, 5.74) is 0.440. The van der Waals surface area contributed by atoms with Gasteiger partial charge in [-0.1, -0.05) is 6.92 Å². The number of nitrogens with one attached hydrogen (secondary N) is 1. The number of carbonyl (C=O) groups is 2. The van der Waals surface area contributed by atoms with Gasteiger partial charge in [-0.15, -0.1) is 0 Å². The molecule has 0 radical (unpaired) electrons. The molecule has 2 heterocycles. The van der Waals surface area contributed by atoms with Crippen molar-refractivity contribution in [3.63, 3.8) is 0 Å². The number of amides is 2. The van der Waals surface area contributed by atoms with Gasteiger partial charge in [0, 0.05) is 13.1 Å². The molecule has 1 atom stereocenters. The Morgan fingerprint density at radius 3 is 2.65 bits per heavy atom. The highest BCUT2D eigenvalue weighted by molar-refractivity contribution is 5.97. The van der Waals surface area contributed by atoms with E-state index in [1.165, 1.54) is 6.26 Å². The minimum atomic E-state index is -0.504. The van der Waals surface area contributed by atoms with Crippen LogP contribution in [0, 0.1) is 6.92 Å². The fourth-order valence-electron chi connectivity index (χ4n) is 2.15. The molecule has 1 saturated heterocycles. The van der Waals surface area contributed by atoms with E-state index in [-0.39, 0.29) is 11.8 Å². The molecular formula is C14H20N2O4. The number of hydrogen-bond donors (Lipinski definition) is 1. The molecule has 0 aromatic carbocycles. The minimum absolute atomic E-state index is 0.0515. The first kappa shape index (κ1) is 14.6. The first-order valence-corrected chi connectivity index (χ1v) is 6.84. The van der Waals surface area contributed by atoms with Gasteiger partial charge in [0.1, 0.15) is 18.1 Å². The standard InChI is InChI=1S/C14H20N2O4/c1-3-12(14(18)16-4-6-19-7-5-16)15-13(17)11-8-10(2)20-9-11/h8-9,12H,3-7H2,1-2H3,(H,15,17). The van der Waals surface area contributed by atoms with Crippen LogP contribution in [0.2, 0.25) is 0 Å². The predicted molar refractivity (Wildman–Crippen MR) is 72.4 cm³/mol. The number of furan rings is 1. The topological polar surface area (TPSA) is 71.8 Å². The van der Waals surface area contributed by atoms with Crippen molar-refractivity contribution in [2.45, 2.75) is 26.3 Å². The van der Waals surface area contributed by atoms with Gasteiger partial charge in [0.25, 0.3) is 5.91 Å². The number of hydrogen-bond acceptors (Lipinski definition) is 4. The number of carbonyl (C=O) groups excluding carboxylic acids is 2. The fraction of sp³-hybridized carbons (Fsp3) is 0.571. The summed E-state index contributed by atoms with van der Waals surface area (Å²) in [6.07, 6.45) is 1.95. The van der Waals surface area contributed by atoms with Crippen molar-refractivity contribution in [3.8, 4) is 0 Å². The van der Waals surface area contributed by atoms with Crippen LogP contribution in [0.4, 0.5) is 0 Å². The lowest BCUT2D eigenvalue weighted by molar-refractivity contribution is -0.137. The Bertz CT molecular complexity index is 477. The van der Waals surface area contributed by atoms with Gasteiger partial charge in [0.05, 0.1) is 18.8 Å². The average Bonchev–Trinajstić information content (AvgIpc) is 2.91. The summed E-state index contributed by atoms with van der Waals surface area (Å²) in [6.45, 7) is 5.91. The molecular weight excluding hydrogens is 260 g/mol. The van der Waals surface area contributed by atoms with E-state index in [2.05, 4.69) is 5.32 Å². The maximum absolute atomic E-state index is 12.3. The third-order valence-corrected chi connectivity index (χ3v) is 3.33. The third-order valence-electron chi connectivity index (χ3n) is 3.33. The molecule has 2 rings (SSSR count). The maximum atomic E-state index is 12.3. The van der Waals surface area contributed by atoms with Gasteiger partial charge in [-0.3, -0.25) is 9.59 Å². The van der Waals surface area contributed by atoms with Gasteiger partial charge in [-0.05, 0) is 19.4 Å². The number of nitrogens with zero attached hydrogens (tertiary/aromatic N) is 1. The van der Waals surface area contributed by atoms with E-state index in [0.717, 1.165) is 0 Å². The fourth-order valence-corrected chi connectivity index (χ4v) is 2.15. The van der Waals surface area contributed by atoms with E-state index in [1.807, 2.05) is 6.92 Å². The van der Waals surface area contributed by atoms with E-state index < -0.39 is 6.04 Å². The monoisotopic (exact) mass is 280 g/mol. The summed E-state index contributed by atoms with van der Waals surface area (Å²) < 4.78 is 10.3. The molecule has 110 valence electrons. The summed E-state index contributed by atoms with van der Waals surface area (Å²) in [4.78, 5) is 26.1. The molecule has 0 saturated carbocycles. The minimum Gasteiger partial charge on any atom is -0.469 e. The van der Waals surface area contributed by atoms with E-state index in [0.29, 0.717) is 44.0 Å². The third kappa shape index (κ3) is 3.39. The SMILES string of the molecule is CCC(NC(=O)c1coc(C)c1)C(=O)N1CCOCC1. The normalized spacial score (nSPS) is 16.8. The summed E-state index contributed by atoms with van der Waals surface area (Å²) in [5.74, 6) is 0.336. The Labute approximate surface area is 118 Å². The van der Waals surface area contributed by atoms with Crippen LogP contribution < -0.4 is 5.32 Å². The Kier molecular flexibility index (Phi) is 4.79. The van der Waals surface area contributed by atoms with Crippen LogP contribution >= 0.6 is 0 Å². The van der Waals surface area contributed by atoms with E-state index in [4.69, 9.17) is 9.15 Å². The van der Waals surface area contributed by atoms with Crippen molar-refractivity contribution in [2.24, 2.45) is 0 Å². The zero-order valence-corrected chi connectivity index (χ0v) is 11.8. The highest BCUT2D eigenvalue weighted by atomic mass is 16.5. The number of morpholine rings is 1. The highest BCUT2D eigenvalue weighted by Crippen LogP contribution is 2.08. The van der Waals surface area contributed by atoms with Crippen LogP contribution in [-0.4, -0.2) is 49.1 Å². The Morgan fingerprint density at radius 2 is 2.10 bits per heavy atom. The molecule has 1 N–H and O–H groups in total. The molecule has 1 aromatic rings. The largest absolute Gasteiger partial charge is 0.469 e. The Hall–Kier alpha value is -1.82. The van der Waals surface area contributed by atoms with Gasteiger partial charge < -0.3 is 19.4 Å². The number of aryl methyl sites for hydroxylation is 1. The molecule has 0 spiro atoms. The first-order chi connectivity index (χ1) is 9.61. The zero-order valence-electron chi connectivity index (χ0n) is 11.8.